The normalized spacial score (nSPS) is 14.6. The van der Waals surface area contributed by atoms with Gasteiger partial charge < -0.3 is 10.4 Å². The molecular weight excluding hydrogens is 753 g/mol. The number of carbonyl (C=O) groups excluding carboxylic acids is 1. The van der Waals surface area contributed by atoms with Crippen LogP contribution >= 0.6 is 46.6 Å². The highest BCUT2D eigenvalue weighted by atomic mass is 35.5. The van der Waals surface area contributed by atoms with Crippen LogP contribution in [0.2, 0.25) is 15.1 Å². The molecule has 0 bridgehead atoms. The standard InChI is InChI=1S/C36H26Cl3N5O5S2/c37-22-12-17-25-30(19-22)40-32(18-21-6-1-3-10-29(21)41-34-27(38)8-5-9-28(34)39)44(35(25)47)42-51(48,49)24-15-13-23(14-16-24)43-33(46)20-50-36(43)26-7-2-4-11-31(26)45/h1-17,19,36,41-42,45H,18,20H2. The Labute approximate surface area is 311 Å². The molecule has 0 radical (unpaired) electrons. The Balaban J connectivity index is 1.24. The van der Waals surface area contributed by atoms with E-state index in [9.17, 15) is 23.1 Å². The van der Waals surface area contributed by atoms with Crippen LogP contribution in [0, 0.1) is 0 Å². The number of rotatable bonds is 9. The highest BCUT2D eigenvalue weighted by Gasteiger charge is 2.35. The van der Waals surface area contributed by atoms with Crippen molar-refractivity contribution in [1.82, 2.24) is 9.66 Å². The van der Waals surface area contributed by atoms with E-state index in [2.05, 4.69) is 15.1 Å². The zero-order valence-electron chi connectivity index (χ0n) is 26.3. The highest BCUT2D eigenvalue weighted by molar-refractivity contribution is 8.00. The molecule has 10 nitrogen and oxygen atoms in total. The molecule has 258 valence electrons. The number of anilines is 3. The van der Waals surface area contributed by atoms with Crippen molar-refractivity contribution < 1.29 is 18.3 Å². The minimum Gasteiger partial charge on any atom is -0.508 e. The number of fused-ring (bicyclic) bond motifs is 1. The number of hydrogen-bond donors (Lipinski definition) is 3. The van der Waals surface area contributed by atoms with Crippen LogP contribution in [0.4, 0.5) is 17.1 Å². The fourth-order valence-electron chi connectivity index (χ4n) is 5.72. The molecular formula is C36H26Cl3N5O5S2. The van der Waals surface area contributed by atoms with Gasteiger partial charge in [-0.05, 0) is 72.3 Å². The predicted molar refractivity (Wildman–Crippen MR) is 204 cm³/mol. The number of phenols is 1. The van der Waals surface area contributed by atoms with E-state index in [0.717, 1.165) is 4.68 Å². The van der Waals surface area contributed by atoms with Gasteiger partial charge in [0.2, 0.25) is 5.91 Å². The topological polar surface area (TPSA) is 134 Å². The lowest BCUT2D eigenvalue weighted by Gasteiger charge is -2.25. The van der Waals surface area contributed by atoms with Crippen LogP contribution < -0.4 is 20.6 Å². The van der Waals surface area contributed by atoms with Gasteiger partial charge >= 0.3 is 0 Å². The van der Waals surface area contributed by atoms with Gasteiger partial charge in [0.15, 0.2) is 0 Å². The summed E-state index contributed by atoms with van der Waals surface area (Å²) < 4.78 is 28.7. The Bertz CT molecular complexity index is 2480. The molecule has 0 saturated carbocycles. The lowest BCUT2D eigenvalue weighted by molar-refractivity contribution is -0.115. The molecule has 1 saturated heterocycles. The number of hydrogen-bond acceptors (Lipinski definition) is 8. The number of phenolic OH excluding ortho intramolecular Hbond substituents is 1. The molecule has 1 aliphatic heterocycles. The third kappa shape index (κ3) is 6.97. The van der Waals surface area contributed by atoms with Crippen molar-refractivity contribution in [3.63, 3.8) is 0 Å². The number of thioether (sulfide) groups is 1. The summed E-state index contributed by atoms with van der Waals surface area (Å²) in [4.78, 5) is 35.3. The number of carbonyl (C=O) groups is 1. The second-order valence-electron chi connectivity index (χ2n) is 11.5. The summed E-state index contributed by atoms with van der Waals surface area (Å²) in [5, 5.41) is 14.5. The van der Waals surface area contributed by atoms with E-state index in [1.807, 2.05) is 6.07 Å². The molecule has 1 aromatic heterocycles. The summed E-state index contributed by atoms with van der Waals surface area (Å²) in [6.07, 6.45) is 0.00680. The van der Waals surface area contributed by atoms with E-state index in [0.29, 0.717) is 43.3 Å². The summed E-state index contributed by atoms with van der Waals surface area (Å²) in [6.45, 7) is 0. The first-order chi connectivity index (χ1) is 24.5. The van der Waals surface area contributed by atoms with Gasteiger partial charge in [-0.1, -0.05) is 77.3 Å². The Kier molecular flexibility index (Phi) is 9.62. The van der Waals surface area contributed by atoms with Gasteiger partial charge in [-0.15, -0.1) is 11.8 Å². The maximum Gasteiger partial charge on any atom is 0.280 e. The average Bonchev–Trinajstić information content (AvgIpc) is 3.49. The van der Waals surface area contributed by atoms with Crippen LogP contribution in [0.15, 0.2) is 119 Å². The highest BCUT2D eigenvalue weighted by Crippen LogP contribution is 2.44. The van der Waals surface area contributed by atoms with Crippen molar-refractivity contribution in [2.75, 3.05) is 20.8 Å². The number of halogens is 3. The molecule has 15 heteroatoms. The number of para-hydroxylation sites is 3. The molecule has 1 aliphatic rings. The van der Waals surface area contributed by atoms with E-state index in [4.69, 9.17) is 34.8 Å². The summed E-state index contributed by atoms with van der Waals surface area (Å²) in [5.41, 5.74) is 2.39. The van der Waals surface area contributed by atoms with Crippen LogP contribution in [0.5, 0.6) is 5.75 Å². The summed E-state index contributed by atoms with van der Waals surface area (Å²) in [6, 6.07) is 29.3. The molecule has 6 aromatic rings. The maximum atomic E-state index is 13.9. The number of sulfonamides is 1. The molecule has 2 heterocycles. The number of benzene rings is 5. The van der Waals surface area contributed by atoms with Gasteiger partial charge in [-0.25, -0.2) is 9.82 Å². The first kappa shape index (κ1) is 34.7. The molecule has 3 N–H and O–H groups in total. The fraction of sp³-hybridized carbons (Fsp3) is 0.0833. The number of aromatic nitrogens is 2. The van der Waals surface area contributed by atoms with Gasteiger partial charge in [0.1, 0.15) is 16.9 Å². The lowest BCUT2D eigenvalue weighted by Crippen LogP contribution is -2.36. The first-order valence-corrected chi connectivity index (χ1v) is 19.0. The number of nitrogens with zero attached hydrogens (tertiary/aromatic N) is 3. The third-order valence-corrected chi connectivity index (χ3v) is 11.6. The van der Waals surface area contributed by atoms with Crippen molar-refractivity contribution in [2.24, 2.45) is 0 Å². The van der Waals surface area contributed by atoms with Crippen LogP contribution in [-0.2, 0) is 21.2 Å². The largest absolute Gasteiger partial charge is 0.508 e. The average molecular weight is 779 g/mol. The smallest absolute Gasteiger partial charge is 0.280 e. The van der Waals surface area contributed by atoms with Crippen molar-refractivity contribution in [3.8, 4) is 5.75 Å². The summed E-state index contributed by atoms with van der Waals surface area (Å²) >= 11 is 20.4. The zero-order valence-corrected chi connectivity index (χ0v) is 30.2. The Morgan fingerprint density at radius 1 is 0.863 bits per heavy atom. The third-order valence-electron chi connectivity index (χ3n) is 8.20. The van der Waals surface area contributed by atoms with Crippen LogP contribution in [0.3, 0.4) is 0 Å². The van der Waals surface area contributed by atoms with Crippen LogP contribution in [0.25, 0.3) is 10.9 Å². The van der Waals surface area contributed by atoms with Crippen LogP contribution in [-0.4, -0.2) is 34.8 Å². The van der Waals surface area contributed by atoms with Gasteiger partial charge in [-0.3, -0.25) is 14.5 Å². The second kappa shape index (κ2) is 14.1. The molecule has 51 heavy (non-hydrogen) atoms. The Morgan fingerprint density at radius 2 is 1.57 bits per heavy atom. The Hall–Kier alpha value is -4.72. The van der Waals surface area contributed by atoms with E-state index in [1.54, 1.807) is 60.7 Å². The van der Waals surface area contributed by atoms with E-state index >= 15 is 0 Å². The summed E-state index contributed by atoms with van der Waals surface area (Å²) in [7, 11) is -4.38. The second-order valence-corrected chi connectivity index (χ2v) is 15.4. The van der Waals surface area contributed by atoms with Crippen molar-refractivity contribution in [1.29, 1.82) is 0 Å². The van der Waals surface area contributed by atoms with Crippen molar-refractivity contribution in [2.45, 2.75) is 16.7 Å². The SMILES string of the molecule is O=C1CSC(c2ccccc2O)N1c1ccc(S(=O)(=O)Nn2c(Cc3ccccc3Nc3c(Cl)cccc3Cl)nc3cc(Cl)ccc3c2=O)cc1. The van der Waals surface area contributed by atoms with E-state index in [-0.39, 0.29) is 45.5 Å². The minimum atomic E-state index is -4.38. The van der Waals surface area contributed by atoms with Crippen molar-refractivity contribution >= 4 is 90.5 Å². The van der Waals surface area contributed by atoms with Gasteiger partial charge in [0.05, 0.1) is 37.3 Å². The quantitative estimate of drug-likeness (QED) is 0.134. The molecule has 1 atom stereocenters. The van der Waals surface area contributed by atoms with E-state index in [1.165, 1.54) is 59.1 Å². The fourth-order valence-corrected chi connectivity index (χ4v) is 8.62. The molecule has 0 spiro atoms. The van der Waals surface area contributed by atoms with E-state index < -0.39 is 21.0 Å². The number of nitrogens with one attached hydrogen (secondary N) is 2. The monoisotopic (exact) mass is 777 g/mol. The van der Waals surface area contributed by atoms with Gasteiger partial charge in [0, 0.05) is 28.4 Å². The molecule has 5 aromatic carbocycles. The number of amides is 1. The lowest BCUT2D eigenvalue weighted by atomic mass is 10.1. The minimum absolute atomic E-state index is 0.00680. The molecule has 1 amide bonds. The molecule has 1 unspecified atom stereocenters. The number of aromatic hydroxyl groups is 1. The van der Waals surface area contributed by atoms with Gasteiger partial charge in [-0.2, -0.15) is 13.1 Å². The first-order valence-electron chi connectivity index (χ1n) is 15.3. The van der Waals surface area contributed by atoms with Crippen LogP contribution in [0.1, 0.15) is 22.3 Å². The predicted octanol–water partition coefficient (Wildman–Crippen LogP) is 8.11. The van der Waals surface area contributed by atoms with Crippen molar-refractivity contribution in [3.05, 3.63) is 152 Å². The Morgan fingerprint density at radius 3 is 2.31 bits per heavy atom. The molecule has 7 rings (SSSR count). The molecule has 0 aliphatic carbocycles. The maximum absolute atomic E-state index is 13.9. The zero-order chi connectivity index (χ0) is 35.9. The molecule has 1 fully saturated rings. The summed E-state index contributed by atoms with van der Waals surface area (Å²) in [5.74, 6) is 0.139. The van der Waals surface area contributed by atoms with Gasteiger partial charge in [0.25, 0.3) is 15.6 Å².